The van der Waals surface area contributed by atoms with Gasteiger partial charge in [0.25, 0.3) is 0 Å². The van der Waals surface area contributed by atoms with Crippen LogP contribution < -0.4 is 0 Å². The monoisotopic (exact) mass is 339 g/mol. The molecule has 0 bridgehead atoms. The van der Waals surface area contributed by atoms with Gasteiger partial charge in [-0.15, -0.1) is 0 Å². The predicted molar refractivity (Wildman–Crippen MR) is 111 cm³/mol. The van der Waals surface area contributed by atoms with Gasteiger partial charge >= 0.3 is 0 Å². The molecular weight excluding hydrogens is 314 g/mol. The molecular formula is C25H25N. The van der Waals surface area contributed by atoms with Crippen LogP contribution >= 0.6 is 0 Å². The highest BCUT2D eigenvalue weighted by Crippen LogP contribution is 2.43. The summed E-state index contributed by atoms with van der Waals surface area (Å²) in [5.41, 5.74) is 4.35. The molecule has 3 rings (SSSR count). The fraction of sp³-hybridized carbons (Fsp3) is 0.120. The van der Waals surface area contributed by atoms with Gasteiger partial charge in [0.1, 0.15) is 5.54 Å². The summed E-state index contributed by atoms with van der Waals surface area (Å²) in [5.74, 6) is 0. The van der Waals surface area contributed by atoms with Gasteiger partial charge in [-0.1, -0.05) is 103 Å². The molecule has 130 valence electrons. The molecule has 0 radical (unpaired) electrons. The van der Waals surface area contributed by atoms with E-state index in [-0.39, 0.29) is 0 Å². The number of rotatable bonds is 6. The van der Waals surface area contributed by atoms with Crippen LogP contribution in [0.1, 0.15) is 30.5 Å². The van der Waals surface area contributed by atoms with E-state index in [9.17, 15) is 0 Å². The van der Waals surface area contributed by atoms with Gasteiger partial charge in [0.2, 0.25) is 0 Å². The van der Waals surface area contributed by atoms with E-state index in [1.165, 1.54) is 22.3 Å². The lowest BCUT2D eigenvalue weighted by Gasteiger charge is -2.43. The fourth-order valence-corrected chi connectivity index (χ4v) is 3.55. The first-order chi connectivity index (χ1) is 12.7. The van der Waals surface area contributed by atoms with Crippen molar-refractivity contribution in [1.29, 1.82) is 0 Å². The van der Waals surface area contributed by atoms with Crippen molar-refractivity contribution in [1.82, 2.24) is 4.90 Å². The largest absolute Gasteiger partial charge is 0.337 e. The second-order valence-corrected chi connectivity index (χ2v) is 6.60. The van der Waals surface area contributed by atoms with E-state index >= 15 is 0 Å². The van der Waals surface area contributed by atoms with E-state index in [4.69, 9.17) is 0 Å². The van der Waals surface area contributed by atoms with Crippen molar-refractivity contribution in [3.8, 4) is 0 Å². The molecule has 0 fully saturated rings. The third-order valence-electron chi connectivity index (χ3n) is 4.56. The fourth-order valence-electron chi connectivity index (χ4n) is 3.55. The quantitative estimate of drug-likeness (QED) is 0.473. The van der Waals surface area contributed by atoms with Gasteiger partial charge in [-0.2, -0.15) is 0 Å². The molecule has 0 aliphatic carbocycles. The van der Waals surface area contributed by atoms with Crippen LogP contribution in [0.2, 0.25) is 0 Å². The average molecular weight is 339 g/mol. The first-order valence-corrected chi connectivity index (χ1v) is 8.92. The van der Waals surface area contributed by atoms with Crippen LogP contribution in [-0.4, -0.2) is 4.90 Å². The number of nitrogens with zero attached hydrogens (tertiary/aromatic N) is 1. The number of hydrogen-bond acceptors (Lipinski definition) is 1. The standard InChI is InChI=1S/C25H25N/c1-4-26(20-21(2)3)25(22-14-8-5-9-15-22,23-16-10-6-11-17-23)24-18-12-7-13-19-24/h4-20H,1H2,2-3H3. The predicted octanol–water partition coefficient (Wildman–Crippen LogP) is 6.35. The minimum Gasteiger partial charge on any atom is -0.337 e. The van der Waals surface area contributed by atoms with Crippen LogP contribution in [0.5, 0.6) is 0 Å². The third kappa shape index (κ3) is 3.21. The Kier molecular flexibility index (Phi) is 5.38. The Morgan fingerprint density at radius 3 is 1.31 bits per heavy atom. The van der Waals surface area contributed by atoms with Crippen LogP contribution in [0.15, 0.2) is 116 Å². The summed E-state index contributed by atoms with van der Waals surface area (Å²) in [5, 5.41) is 0. The lowest BCUT2D eigenvalue weighted by atomic mass is 9.75. The van der Waals surface area contributed by atoms with E-state index in [1.54, 1.807) is 0 Å². The minimum atomic E-state index is -0.483. The molecule has 3 aromatic rings. The van der Waals surface area contributed by atoms with Gasteiger partial charge in [-0.25, -0.2) is 0 Å². The van der Waals surface area contributed by atoms with Crippen LogP contribution in [0.25, 0.3) is 0 Å². The normalized spacial score (nSPS) is 10.8. The molecule has 1 nitrogen and oxygen atoms in total. The van der Waals surface area contributed by atoms with Crippen molar-refractivity contribution in [2.24, 2.45) is 0 Å². The van der Waals surface area contributed by atoms with E-state index < -0.39 is 5.54 Å². The summed E-state index contributed by atoms with van der Waals surface area (Å²) in [4.78, 5) is 2.22. The molecule has 0 aromatic heterocycles. The summed E-state index contributed by atoms with van der Waals surface area (Å²) in [6.45, 7) is 8.36. The van der Waals surface area contributed by atoms with Crippen molar-refractivity contribution in [2.75, 3.05) is 0 Å². The molecule has 0 amide bonds. The summed E-state index contributed by atoms with van der Waals surface area (Å²) in [6, 6.07) is 31.9. The maximum Gasteiger partial charge on any atom is 0.120 e. The Hall–Kier alpha value is -3.06. The van der Waals surface area contributed by atoms with Gasteiger partial charge < -0.3 is 4.90 Å². The maximum atomic E-state index is 4.14. The lowest BCUT2D eigenvalue weighted by molar-refractivity contribution is 0.314. The number of allylic oxidation sites excluding steroid dienone is 1. The highest BCUT2D eigenvalue weighted by atomic mass is 15.2. The van der Waals surface area contributed by atoms with Crippen molar-refractivity contribution in [3.05, 3.63) is 132 Å². The molecule has 0 saturated carbocycles. The van der Waals surface area contributed by atoms with Gasteiger partial charge in [-0.05, 0) is 36.7 Å². The highest BCUT2D eigenvalue weighted by Gasteiger charge is 2.40. The van der Waals surface area contributed by atoms with Crippen molar-refractivity contribution in [3.63, 3.8) is 0 Å². The Bertz CT molecular complexity index is 763. The van der Waals surface area contributed by atoms with E-state index in [0.29, 0.717) is 0 Å². The SMILES string of the molecule is C=CN(C=C(C)C)C(c1ccccc1)(c1ccccc1)c1ccccc1. The zero-order valence-electron chi connectivity index (χ0n) is 15.5. The van der Waals surface area contributed by atoms with Gasteiger partial charge in [0.05, 0.1) is 0 Å². The first-order valence-electron chi connectivity index (χ1n) is 8.92. The van der Waals surface area contributed by atoms with Crippen molar-refractivity contribution < 1.29 is 0 Å². The Morgan fingerprint density at radius 2 is 1.04 bits per heavy atom. The molecule has 0 atom stereocenters. The molecule has 0 spiro atoms. The molecule has 0 saturated heterocycles. The van der Waals surface area contributed by atoms with Crippen molar-refractivity contribution in [2.45, 2.75) is 19.4 Å². The molecule has 0 aliphatic heterocycles. The summed E-state index contributed by atoms with van der Waals surface area (Å²) in [7, 11) is 0. The van der Waals surface area contributed by atoms with Crippen LogP contribution in [0, 0.1) is 0 Å². The molecule has 3 aromatic carbocycles. The van der Waals surface area contributed by atoms with E-state index in [0.717, 1.165) is 0 Å². The minimum absolute atomic E-state index is 0.483. The van der Waals surface area contributed by atoms with Crippen LogP contribution in [0.3, 0.4) is 0 Å². The zero-order chi connectivity index (χ0) is 18.4. The summed E-state index contributed by atoms with van der Waals surface area (Å²) >= 11 is 0. The molecule has 0 aliphatic rings. The Labute approximate surface area is 156 Å². The van der Waals surface area contributed by atoms with Crippen LogP contribution in [-0.2, 0) is 5.54 Å². The topological polar surface area (TPSA) is 3.24 Å². The second-order valence-electron chi connectivity index (χ2n) is 6.60. The van der Waals surface area contributed by atoms with Gasteiger partial charge in [0.15, 0.2) is 0 Å². The lowest BCUT2D eigenvalue weighted by Crippen LogP contribution is -2.42. The maximum absolute atomic E-state index is 4.14. The molecule has 0 unspecified atom stereocenters. The highest BCUT2D eigenvalue weighted by molar-refractivity contribution is 5.50. The average Bonchev–Trinajstić information content (AvgIpc) is 2.70. The molecule has 0 heterocycles. The molecule has 26 heavy (non-hydrogen) atoms. The Balaban J connectivity index is 2.43. The Morgan fingerprint density at radius 1 is 0.692 bits per heavy atom. The van der Waals surface area contributed by atoms with Gasteiger partial charge in [0, 0.05) is 6.20 Å². The molecule has 0 N–H and O–H groups in total. The number of hydrogen-bond donors (Lipinski definition) is 0. The van der Waals surface area contributed by atoms with Crippen LogP contribution in [0.4, 0.5) is 0 Å². The molecule has 1 heteroatoms. The third-order valence-corrected chi connectivity index (χ3v) is 4.56. The zero-order valence-corrected chi connectivity index (χ0v) is 15.5. The van der Waals surface area contributed by atoms with E-state index in [2.05, 4.69) is 123 Å². The number of benzene rings is 3. The summed E-state index contributed by atoms with van der Waals surface area (Å²) in [6.07, 6.45) is 4.08. The van der Waals surface area contributed by atoms with Crippen molar-refractivity contribution >= 4 is 0 Å². The first kappa shape index (κ1) is 17.8. The smallest absolute Gasteiger partial charge is 0.120 e. The summed E-state index contributed by atoms with van der Waals surface area (Å²) < 4.78 is 0. The van der Waals surface area contributed by atoms with Gasteiger partial charge in [-0.3, -0.25) is 0 Å². The van der Waals surface area contributed by atoms with E-state index in [1.807, 2.05) is 6.20 Å². The second kappa shape index (κ2) is 7.88.